The van der Waals surface area contributed by atoms with Crippen LogP contribution in [0.15, 0.2) is 30.3 Å². The molecule has 3 nitrogen and oxygen atoms in total. The first-order valence-corrected chi connectivity index (χ1v) is 6.86. The summed E-state index contributed by atoms with van der Waals surface area (Å²) in [6, 6.07) is 11.3. The van der Waals surface area contributed by atoms with Gasteiger partial charge >= 0.3 is 0 Å². The second-order valence-corrected chi connectivity index (χ2v) is 5.28. The van der Waals surface area contributed by atoms with E-state index < -0.39 is 0 Å². The number of hydrogen-bond donors (Lipinski definition) is 1. The first-order valence-electron chi connectivity index (χ1n) is 6.10. The summed E-state index contributed by atoms with van der Waals surface area (Å²) in [6.45, 7) is 3.92. The lowest BCUT2D eigenvalue weighted by atomic mass is 10.1. The molecule has 1 atom stereocenters. The molecule has 0 aliphatic heterocycles. The van der Waals surface area contributed by atoms with Crippen LogP contribution in [0.3, 0.4) is 0 Å². The Morgan fingerprint density at radius 3 is 2.70 bits per heavy atom. The minimum absolute atomic E-state index is 0.00229. The summed E-state index contributed by atoms with van der Waals surface area (Å²) < 4.78 is 0. The van der Waals surface area contributed by atoms with Crippen LogP contribution in [0, 0.1) is 18.3 Å². The van der Waals surface area contributed by atoms with Gasteiger partial charge in [0.25, 0.3) is 0 Å². The lowest BCUT2D eigenvalue weighted by Crippen LogP contribution is -2.09. The molecule has 0 spiro atoms. The molecule has 20 heavy (non-hydrogen) atoms. The van der Waals surface area contributed by atoms with Gasteiger partial charge < -0.3 is 5.32 Å². The lowest BCUT2D eigenvalue weighted by molar-refractivity contribution is 0.880. The van der Waals surface area contributed by atoms with Gasteiger partial charge in [0.15, 0.2) is 5.15 Å². The van der Waals surface area contributed by atoms with E-state index in [9.17, 15) is 0 Å². The van der Waals surface area contributed by atoms with E-state index in [0.29, 0.717) is 15.9 Å². The van der Waals surface area contributed by atoms with Gasteiger partial charge in [0.2, 0.25) is 0 Å². The lowest BCUT2D eigenvalue weighted by Gasteiger charge is -2.18. The average Bonchev–Trinajstić information content (AvgIpc) is 2.42. The molecule has 1 N–H and O–H groups in total. The van der Waals surface area contributed by atoms with Crippen molar-refractivity contribution in [2.45, 2.75) is 19.9 Å². The van der Waals surface area contributed by atoms with Crippen molar-refractivity contribution in [1.82, 2.24) is 4.98 Å². The summed E-state index contributed by atoms with van der Waals surface area (Å²) in [5.41, 5.74) is 3.33. The monoisotopic (exact) mass is 305 g/mol. The molecule has 0 aliphatic carbocycles. The number of aryl methyl sites for hydroxylation is 1. The molecule has 0 saturated carbocycles. The Hall–Kier alpha value is -1.76. The number of nitrogens with zero attached hydrogens (tertiary/aromatic N) is 2. The highest BCUT2D eigenvalue weighted by Crippen LogP contribution is 2.30. The molecule has 102 valence electrons. The Labute approximate surface area is 128 Å². The maximum Gasteiger partial charge on any atom is 0.154 e. The molecular weight excluding hydrogens is 293 g/mol. The zero-order valence-corrected chi connectivity index (χ0v) is 12.6. The molecule has 5 heteroatoms. The van der Waals surface area contributed by atoms with Crippen LogP contribution < -0.4 is 5.32 Å². The molecule has 1 aromatic heterocycles. The number of halogens is 2. The maximum absolute atomic E-state index is 8.94. The zero-order valence-electron chi connectivity index (χ0n) is 11.1. The smallest absolute Gasteiger partial charge is 0.154 e. The number of aromatic nitrogens is 1. The number of rotatable bonds is 3. The Balaban J connectivity index is 2.28. The molecule has 0 saturated heterocycles. The number of hydrogen-bond acceptors (Lipinski definition) is 3. The topological polar surface area (TPSA) is 48.7 Å². The van der Waals surface area contributed by atoms with Gasteiger partial charge in [0.05, 0.1) is 17.3 Å². The Morgan fingerprint density at radius 1 is 1.30 bits per heavy atom. The van der Waals surface area contributed by atoms with Crippen molar-refractivity contribution in [3.8, 4) is 6.07 Å². The number of benzene rings is 1. The largest absolute Gasteiger partial charge is 0.376 e. The maximum atomic E-state index is 8.94. The van der Waals surface area contributed by atoms with Crippen LogP contribution in [-0.4, -0.2) is 4.98 Å². The molecule has 2 rings (SSSR count). The quantitative estimate of drug-likeness (QED) is 0.833. The van der Waals surface area contributed by atoms with E-state index in [1.54, 1.807) is 12.1 Å². The van der Waals surface area contributed by atoms with E-state index in [1.165, 1.54) is 0 Å². The van der Waals surface area contributed by atoms with Gasteiger partial charge in [-0.05, 0) is 43.2 Å². The molecule has 2 aromatic rings. The van der Waals surface area contributed by atoms with E-state index in [1.807, 2.05) is 32.0 Å². The van der Waals surface area contributed by atoms with Gasteiger partial charge in [-0.2, -0.15) is 5.26 Å². The Kier molecular flexibility index (Phi) is 4.49. The zero-order chi connectivity index (χ0) is 14.7. The summed E-state index contributed by atoms with van der Waals surface area (Å²) in [5, 5.41) is 13.0. The molecule has 1 aromatic carbocycles. The summed E-state index contributed by atoms with van der Waals surface area (Å²) in [6.07, 6.45) is 0. The highest BCUT2D eigenvalue weighted by molar-refractivity contribution is 6.34. The molecule has 0 fully saturated rings. The third kappa shape index (κ3) is 3.22. The van der Waals surface area contributed by atoms with Crippen molar-refractivity contribution in [3.05, 3.63) is 57.3 Å². The third-order valence-corrected chi connectivity index (χ3v) is 3.48. The first kappa shape index (κ1) is 14.6. The Morgan fingerprint density at radius 2 is 2.05 bits per heavy atom. The molecule has 0 radical (unpaired) electrons. The Bertz CT molecular complexity index is 654. The van der Waals surface area contributed by atoms with Crippen LogP contribution in [0.2, 0.25) is 10.3 Å². The fourth-order valence-corrected chi connectivity index (χ4v) is 2.53. The summed E-state index contributed by atoms with van der Waals surface area (Å²) in [5.74, 6) is 0. The SMILES string of the molecule is Cc1cc(Cl)nc(Cl)c1NC(C)c1cccc(C#N)c1. The normalized spacial score (nSPS) is 11.8. The van der Waals surface area contributed by atoms with Crippen LogP contribution >= 0.6 is 23.2 Å². The highest BCUT2D eigenvalue weighted by atomic mass is 35.5. The number of nitriles is 1. The molecule has 0 bridgehead atoms. The van der Waals surface area contributed by atoms with Gasteiger partial charge in [0, 0.05) is 6.04 Å². The van der Waals surface area contributed by atoms with Crippen LogP contribution in [0.5, 0.6) is 0 Å². The van der Waals surface area contributed by atoms with E-state index >= 15 is 0 Å². The molecular formula is C15H13Cl2N3. The number of anilines is 1. The van der Waals surface area contributed by atoms with Crippen LogP contribution in [0.4, 0.5) is 5.69 Å². The molecule has 1 heterocycles. The van der Waals surface area contributed by atoms with Gasteiger partial charge in [-0.3, -0.25) is 0 Å². The fraction of sp³-hybridized carbons (Fsp3) is 0.200. The van der Waals surface area contributed by atoms with Crippen molar-refractivity contribution in [1.29, 1.82) is 5.26 Å². The predicted octanol–water partition coefficient (Wildman–Crippen LogP) is 4.74. The van der Waals surface area contributed by atoms with Crippen molar-refractivity contribution in [3.63, 3.8) is 0 Å². The summed E-state index contributed by atoms with van der Waals surface area (Å²) in [7, 11) is 0. The van der Waals surface area contributed by atoms with Crippen molar-refractivity contribution in [2.75, 3.05) is 5.32 Å². The summed E-state index contributed by atoms with van der Waals surface area (Å²) in [4.78, 5) is 4.03. The second-order valence-electron chi connectivity index (χ2n) is 4.53. The molecule has 0 aliphatic rings. The predicted molar refractivity (Wildman–Crippen MR) is 82.2 cm³/mol. The highest BCUT2D eigenvalue weighted by Gasteiger charge is 2.12. The first-order chi connectivity index (χ1) is 9.51. The van der Waals surface area contributed by atoms with Crippen molar-refractivity contribution < 1.29 is 0 Å². The minimum Gasteiger partial charge on any atom is -0.376 e. The average molecular weight is 306 g/mol. The number of nitrogens with one attached hydrogen (secondary N) is 1. The summed E-state index contributed by atoms with van der Waals surface area (Å²) >= 11 is 12.0. The molecule has 0 amide bonds. The van der Waals surface area contributed by atoms with Gasteiger partial charge in [-0.15, -0.1) is 0 Å². The second kappa shape index (κ2) is 6.13. The van der Waals surface area contributed by atoms with E-state index in [-0.39, 0.29) is 6.04 Å². The van der Waals surface area contributed by atoms with Crippen LogP contribution in [0.25, 0.3) is 0 Å². The van der Waals surface area contributed by atoms with Gasteiger partial charge in [0.1, 0.15) is 5.15 Å². The minimum atomic E-state index is 0.00229. The van der Waals surface area contributed by atoms with Gasteiger partial charge in [-0.25, -0.2) is 4.98 Å². The fourth-order valence-electron chi connectivity index (χ4n) is 1.95. The number of pyridine rings is 1. The van der Waals surface area contributed by atoms with E-state index in [0.717, 1.165) is 16.8 Å². The van der Waals surface area contributed by atoms with Crippen molar-refractivity contribution in [2.24, 2.45) is 0 Å². The van der Waals surface area contributed by atoms with Gasteiger partial charge in [-0.1, -0.05) is 35.3 Å². The standard InChI is InChI=1S/C15H13Cl2N3/c1-9-6-13(16)20-15(17)14(9)19-10(2)12-5-3-4-11(7-12)8-18/h3-7,10,19H,1-2H3. The van der Waals surface area contributed by atoms with Crippen molar-refractivity contribution >= 4 is 28.9 Å². The molecule has 1 unspecified atom stereocenters. The third-order valence-electron chi connectivity index (χ3n) is 3.02. The van der Waals surface area contributed by atoms with Crippen LogP contribution in [-0.2, 0) is 0 Å². The van der Waals surface area contributed by atoms with E-state index in [4.69, 9.17) is 28.5 Å². The van der Waals surface area contributed by atoms with Crippen LogP contribution in [0.1, 0.15) is 29.7 Å². The van der Waals surface area contributed by atoms with E-state index in [2.05, 4.69) is 16.4 Å².